The van der Waals surface area contributed by atoms with Crippen molar-refractivity contribution in [2.75, 3.05) is 13.1 Å². The van der Waals surface area contributed by atoms with Gasteiger partial charge in [0.1, 0.15) is 0 Å². The van der Waals surface area contributed by atoms with Gasteiger partial charge in [0.15, 0.2) is 0 Å². The summed E-state index contributed by atoms with van der Waals surface area (Å²) in [5.74, 6) is -0.226. The highest BCUT2D eigenvalue weighted by molar-refractivity contribution is 6.31. The summed E-state index contributed by atoms with van der Waals surface area (Å²) in [6.45, 7) is 5.21. The summed E-state index contributed by atoms with van der Waals surface area (Å²) in [6.07, 6.45) is 0. The zero-order valence-corrected chi connectivity index (χ0v) is 13.3. The zero-order chi connectivity index (χ0) is 14.9. The van der Waals surface area contributed by atoms with E-state index in [1.807, 2.05) is 13.8 Å². The molecule has 1 saturated heterocycles. The zero-order valence-electron chi connectivity index (χ0n) is 11.7. The van der Waals surface area contributed by atoms with E-state index in [1.54, 1.807) is 4.90 Å². The van der Waals surface area contributed by atoms with E-state index in [2.05, 4.69) is 5.32 Å². The average Bonchev–Trinajstić information content (AvgIpc) is 2.40. The van der Waals surface area contributed by atoms with E-state index in [9.17, 15) is 14.9 Å². The Bertz CT molecular complexity index is 553. The minimum absolute atomic E-state index is 0. The third-order valence-corrected chi connectivity index (χ3v) is 3.58. The highest BCUT2D eigenvalue weighted by Gasteiger charge is 2.28. The molecule has 0 bridgehead atoms. The summed E-state index contributed by atoms with van der Waals surface area (Å²) in [5.41, 5.74) is 0.0850. The first-order valence-corrected chi connectivity index (χ1v) is 6.75. The molecule has 6 nitrogen and oxygen atoms in total. The summed E-state index contributed by atoms with van der Waals surface area (Å²) < 4.78 is 0. The van der Waals surface area contributed by atoms with E-state index in [4.69, 9.17) is 11.6 Å². The maximum atomic E-state index is 12.5. The van der Waals surface area contributed by atoms with Crippen LogP contribution in [0.3, 0.4) is 0 Å². The highest BCUT2D eigenvalue weighted by atomic mass is 35.5. The van der Waals surface area contributed by atoms with Gasteiger partial charge in [-0.1, -0.05) is 11.6 Å². The first-order valence-electron chi connectivity index (χ1n) is 6.38. The third kappa shape index (κ3) is 4.06. The van der Waals surface area contributed by atoms with Crippen LogP contribution in [0.1, 0.15) is 24.2 Å². The van der Waals surface area contributed by atoms with Gasteiger partial charge in [0, 0.05) is 47.9 Å². The molecular weight excluding hydrogens is 317 g/mol. The van der Waals surface area contributed by atoms with Gasteiger partial charge in [0.05, 0.1) is 4.92 Å². The number of piperazine rings is 1. The second-order valence-electron chi connectivity index (χ2n) is 5.07. The van der Waals surface area contributed by atoms with E-state index in [0.29, 0.717) is 13.1 Å². The predicted octanol–water partition coefficient (Wildman–Crippen LogP) is 2.49. The molecule has 1 N–H and O–H groups in total. The Morgan fingerprint density at radius 1 is 1.43 bits per heavy atom. The number of non-ortho nitro benzene ring substituents is 1. The molecule has 2 atom stereocenters. The molecule has 116 valence electrons. The maximum absolute atomic E-state index is 12.5. The lowest BCUT2D eigenvalue weighted by Crippen LogP contribution is -2.56. The molecule has 1 aliphatic rings. The van der Waals surface area contributed by atoms with Crippen molar-refractivity contribution in [1.82, 2.24) is 10.2 Å². The van der Waals surface area contributed by atoms with Crippen LogP contribution in [0.15, 0.2) is 18.2 Å². The Morgan fingerprint density at radius 2 is 2.10 bits per heavy atom. The molecule has 2 rings (SSSR count). The fraction of sp³-hybridized carbons (Fsp3) is 0.462. The number of nitro benzene ring substituents is 1. The summed E-state index contributed by atoms with van der Waals surface area (Å²) >= 11 is 5.85. The number of nitrogens with one attached hydrogen (secondary N) is 1. The topological polar surface area (TPSA) is 75.5 Å². The van der Waals surface area contributed by atoms with Crippen molar-refractivity contribution in [2.45, 2.75) is 25.9 Å². The molecule has 0 aromatic heterocycles. The summed E-state index contributed by atoms with van der Waals surface area (Å²) in [7, 11) is 0. The lowest BCUT2D eigenvalue weighted by molar-refractivity contribution is -0.384. The standard InChI is InChI=1S/C13H16ClN3O3.ClH/c1-8-7-16(9(2)6-15-8)13(18)10-3-11(14)5-12(4-10)17(19)20;/h3-5,8-9,15H,6-7H2,1-2H3;1H. The van der Waals surface area contributed by atoms with Crippen LogP contribution in [-0.4, -0.2) is 40.9 Å². The van der Waals surface area contributed by atoms with Crippen LogP contribution in [0.5, 0.6) is 0 Å². The fourth-order valence-electron chi connectivity index (χ4n) is 2.27. The van der Waals surface area contributed by atoms with Gasteiger partial charge in [-0.05, 0) is 19.9 Å². The van der Waals surface area contributed by atoms with Crippen LogP contribution in [-0.2, 0) is 0 Å². The maximum Gasteiger partial charge on any atom is 0.271 e. The van der Waals surface area contributed by atoms with Crippen LogP contribution in [0.4, 0.5) is 5.69 Å². The van der Waals surface area contributed by atoms with Crippen molar-refractivity contribution >= 4 is 35.6 Å². The number of halogens is 2. The van der Waals surface area contributed by atoms with Crippen LogP contribution >= 0.6 is 24.0 Å². The number of carbonyl (C=O) groups excluding carboxylic acids is 1. The minimum Gasteiger partial charge on any atom is -0.333 e. The summed E-state index contributed by atoms with van der Waals surface area (Å²) in [6, 6.07) is 4.22. The SMILES string of the molecule is CC1CN(C(=O)c2cc(Cl)cc([N+](=O)[O-])c2)C(C)CN1.Cl. The Morgan fingerprint density at radius 3 is 2.71 bits per heavy atom. The molecule has 2 unspecified atom stereocenters. The van der Waals surface area contributed by atoms with Crippen LogP contribution < -0.4 is 5.32 Å². The first-order chi connectivity index (χ1) is 9.38. The molecule has 1 fully saturated rings. The molecule has 0 spiro atoms. The summed E-state index contributed by atoms with van der Waals surface area (Å²) in [4.78, 5) is 24.5. The molecule has 1 aromatic rings. The molecule has 0 radical (unpaired) electrons. The number of amides is 1. The fourth-order valence-corrected chi connectivity index (χ4v) is 2.50. The Hall–Kier alpha value is -1.37. The first kappa shape index (κ1) is 17.7. The van der Waals surface area contributed by atoms with Crippen molar-refractivity contribution in [2.24, 2.45) is 0 Å². The van der Waals surface area contributed by atoms with Crippen molar-refractivity contribution in [3.8, 4) is 0 Å². The van der Waals surface area contributed by atoms with E-state index in [1.165, 1.54) is 18.2 Å². The Labute approximate surface area is 134 Å². The molecule has 1 heterocycles. The molecule has 1 aliphatic heterocycles. The number of rotatable bonds is 2. The Balaban J connectivity index is 0.00000220. The number of nitro groups is 1. The van der Waals surface area contributed by atoms with E-state index in [0.717, 1.165) is 0 Å². The second-order valence-corrected chi connectivity index (χ2v) is 5.51. The third-order valence-electron chi connectivity index (χ3n) is 3.37. The lowest BCUT2D eigenvalue weighted by atomic mass is 10.1. The molecule has 1 amide bonds. The van der Waals surface area contributed by atoms with E-state index >= 15 is 0 Å². The predicted molar refractivity (Wildman–Crippen MR) is 83.3 cm³/mol. The number of carbonyl (C=O) groups is 1. The largest absolute Gasteiger partial charge is 0.333 e. The monoisotopic (exact) mass is 333 g/mol. The molecule has 0 aliphatic carbocycles. The number of hydrogen-bond donors (Lipinski definition) is 1. The van der Waals surface area contributed by atoms with Gasteiger partial charge in [0.2, 0.25) is 0 Å². The van der Waals surface area contributed by atoms with Gasteiger partial charge in [-0.15, -0.1) is 12.4 Å². The minimum atomic E-state index is -0.549. The average molecular weight is 334 g/mol. The molecular formula is C13H17Cl2N3O3. The van der Waals surface area contributed by atoms with Gasteiger partial charge in [0.25, 0.3) is 11.6 Å². The molecule has 0 saturated carbocycles. The normalized spacial score (nSPS) is 21.6. The van der Waals surface area contributed by atoms with E-state index in [-0.39, 0.29) is 46.7 Å². The van der Waals surface area contributed by atoms with Crippen molar-refractivity contribution in [3.05, 3.63) is 38.9 Å². The molecule has 8 heteroatoms. The second kappa shape index (κ2) is 7.06. The number of nitrogens with zero attached hydrogens (tertiary/aromatic N) is 2. The molecule has 1 aromatic carbocycles. The van der Waals surface area contributed by atoms with Gasteiger partial charge < -0.3 is 10.2 Å². The van der Waals surface area contributed by atoms with Crippen molar-refractivity contribution < 1.29 is 9.72 Å². The number of benzene rings is 1. The van der Waals surface area contributed by atoms with Gasteiger partial charge in [-0.2, -0.15) is 0 Å². The van der Waals surface area contributed by atoms with Crippen molar-refractivity contribution in [3.63, 3.8) is 0 Å². The lowest BCUT2D eigenvalue weighted by Gasteiger charge is -2.37. The molecule has 21 heavy (non-hydrogen) atoms. The quantitative estimate of drug-likeness (QED) is 0.666. The smallest absolute Gasteiger partial charge is 0.271 e. The summed E-state index contributed by atoms with van der Waals surface area (Å²) in [5, 5.41) is 14.3. The van der Waals surface area contributed by atoms with Gasteiger partial charge in [-0.3, -0.25) is 14.9 Å². The van der Waals surface area contributed by atoms with Gasteiger partial charge >= 0.3 is 0 Å². The Kier molecular flexibility index (Phi) is 5.95. The van der Waals surface area contributed by atoms with E-state index < -0.39 is 4.92 Å². The van der Waals surface area contributed by atoms with Crippen molar-refractivity contribution in [1.29, 1.82) is 0 Å². The van der Waals surface area contributed by atoms with Gasteiger partial charge in [-0.25, -0.2) is 0 Å². The number of hydrogen-bond acceptors (Lipinski definition) is 4. The van der Waals surface area contributed by atoms with Crippen LogP contribution in [0.2, 0.25) is 5.02 Å². The van der Waals surface area contributed by atoms with Crippen LogP contribution in [0.25, 0.3) is 0 Å². The van der Waals surface area contributed by atoms with Crippen LogP contribution in [0, 0.1) is 10.1 Å². The highest BCUT2D eigenvalue weighted by Crippen LogP contribution is 2.23.